The lowest BCUT2D eigenvalue weighted by molar-refractivity contribution is -0.119. The fourth-order valence-electron chi connectivity index (χ4n) is 5.71. The molecular weight excluding hydrogens is 724 g/mol. The minimum Gasteiger partial charge on any atom is -0.481 e. The number of hydrogen-bond acceptors (Lipinski definition) is 10. The molecule has 4 N–H and O–H groups in total. The van der Waals surface area contributed by atoms with Gasteiger partial charge >= 0.3 is 6.09 Å². The number of benzene rings is 1. The lowest BCUT2D eigenvalue weighted by Crippen LogP contribution is -2.43. The number of anilines is 2. The molecule has 282 valence electrons. The Hall–Kier alpha value is -4.56. The summed E-state index contributed by atoms with van der Waals surface area (Å²) >= 11 is 13.9. The molecule has 0 aliphatic carbocycles. The zero-order chi connectivity index (χ0) is 38.5. The van der Waals surface area contributed by atoms with Crippen LogP contribution in [0.5, 0.6) is 5.88 Å². The summed E-state index contributed by atoms with van der Waals surface area (Å²) in [4.78, 5) is 40.1. The molecule has 1 aliphatic rings. The molecule has 0 unspecified atom stereocenters. The van der Waals surface area contributed by atoms with Gasteiger partial charge in [0, 0.05) is 66.7 Å². The van der Waals surface area contributed by atoms with E-state index >= 15 is 4.39 Å². The predicted molar refractivity (Wildman–Crippen MR) is 203 cm³/mol. The van der Waals surface area contributed by atoms with Crippen molar-refractivity contribution in [3.05, 3.63) is 81.8 Å². The zero-order valence-corrected chi connectivity index (χ0v) is 32.0. The van der Waals surface area contributed by atoms with Crippen LogP contribution in [0, 0.1) is 5.82 Å². The van der Waals surface area contributed by atoms with Crippen molar-refractivity contribution in [1.82, 2.24) is 30.5 Å². The summed E-state index contributed by atoms with van der Waals surface area (Å²) in [6.07, 6.45) is 3.57. The molecule has 3 aromatic heterocycles. The van der Waals surface area contributed by atoms with Crippen molar-refractivity contribution in [2.45, 2.75) is 77.8 Å². The average molecular weight is 769 g/mol. The molecular formula is C38H44Cl2FN7O5. The molecule has 4 heterocycles. The molecule has 1 fully saturated rings. The van der Waals surface area contributed by atoms with Crippen molar-refractivity contribution in [1.29, 1.82) is 0 Å². The Balaban J connectivity index is 1.40. The Kier molecular flexibility index (Phi) is 12.4. The van der Waals surface area contributed by atoms with E-state index in [0.29, 0.717) is 52.2 Å². The smallest absolute Gasteiger partial charge is 0.410 e. The third-order valence-corrected chi connectivity index (χ3v) is 8.98. The van der Waals surface area contributed by atoms with E-state index in [4.69, 9.17) is 37.7 Å². The minimum absolute atomic E-state index is 0.0194. The van der Waals surface area contributed by atoms with Crippen molar-refractivity contribution in [3.8, 4) is 28.4 Å². The number of rotatable bonds is 13. The summed E-state index contributed by atoms with van der Waals surface area (Å²) in [5.41, 5.74) is 1.60. The number of methoxy groups -OCH3 is 1. The van der Waals surface area contributed by atoms with Gasteiger partial charge in [-0.1, -0.05) is 35.3 Å². The first kappa shape index (κ1) is 39.6. The first-order valence-electron chi connectivity index (χ1n) is 17.1. The van der Waals surface area contributed by atoms with Crippen molar-refractivity contribution >= 4 is 46.7 Å². The zero-order valence-electron chi connectivity index (χ0n) is 30.5. The van der Waals surface area contributed by atoms with Crippen LogP contribution in [0.25, 0.3) is 22.5 Å². The van der Waals surface area contributed by atoms with E-state index in [1.54, 1.807) is 83.3 Å². The SMILES string of the molecule is COc1nc(-c2ccnc(-c3cccc(Nc4nccc(CNCC(C)(C)O)c4F)c3Cl)c2Cl)ccc1CN(C[C@@H]1CCC(=O)N1)C(=O)OC(C)(C)C. The Morgan fingerprint density at radius 2 is 1.79 bits per heavy atom. The number of nitrogens with zero attached hydrogens (tertiary/aromatic N) is 4. The van der Waals surface area contributed by atoms with Gasteiger partial charge in [0.1, 0.15) is 5.60 Å². The molecule has 12 nitrogen and oxygen atoms in total. The highest BCUT2D eigenvalue weighted by Gasteiger charge is 2.29. The van der Waals surface area contributed by atoms with Crippen molar-refractivity contribution < 1.29 is 28.6 Å². The van der Waals surface area contributed by atoms with Crippen LogP contribution in [0.4, 0.5) is 20.7 Å². The van der Waals surface area contributed by atoms with Crippen LogP contribution in [0.1, 0.15) is 58.6 Å². The second-order valence-corrected chi connectivity index (χ2v) is 15.1. The quantitative estimate of drug-likeness (QED) is 0.109. The summed E-state index contributed by atoms with van der Waals surface area (Å²) in [7, 11) is 1.49. The maximum absolute atomic E-state index is 15.4. The topological polar surface area (TPSA) is 151 Å². The Bertz CT molecular complexity index is 1970. The van der Waals surface area contributed by atoms with E-state index in [1.807, 2.05) is 0 Å². The number of ether oxygens (including phenoxy) is 2. The molecule has 4 aromatic rings. The number of carbonyl (C=O) groups is 2. The second kappa shape index (κ2) is 16.6. The van der Waals surface area contributed by atoms with E-state index in [-0.39, 0.29) is 59.9 Å². The first-order chi connectivity index (χ1) is 25.0. The highest BCUT2D eigenvalue weighted by molar-refractivity contribution is 6.39. The van der Waals surface area contributed by atoms with Gasteiger partial charge in [-0.3, -0.25) is 9.78 Å². The maximum Gasteiger partial charge on any atom is 0.410 e. The monoisotopic (exact) mass is 767 g/mol. The largest absolute Gasteiger partial charge is 0.481 e. The van der Waals surface area contributed by atoms with Gasteiger partial charge in [-0.25, -0.2) is 19.2 Å². The number of halogens is 3. The molecule has 1 aliphatic heterocycles. The third kappa shape index (κ3) is 10.3. The van der Waals surface area contributed by atoms with Crippen molar-refractivity contribution in [2.24, 2.45) is 0 Å². The van der Waals surface area contributed by atoms with Gasteiger partial charge in [0.15, 0.2) is 11.6 Å². The van der Waals surface area contributed by atoms with Gasteiger partial charge in [-0.2, -0.15) is 0 Å². The van der Waals surface area contributed by atoms with Crippen LogP contribution >= 0.6 is 23.2 Å². The summed E-state index contributed by atoms with van der Waals surface area (Å²) in [6.45, 7) is 9.55. The maximum atomic E-state index is 15.4. The van der Waals surface area contributed by atoms with Crippen LogP contribution < -0.4 is 20.7 Å². The summed E-state index contributed by atoms with van der Waals surface area (Å²) < 4.78 is 26.8. The molecule has 1 aromatic carbocycles. The van der Waals surface area contributed by atoms with E-state index in [0.717, 1.165) is 0 Å². The van der Waals surface area contributed by atoms with E-state index < -0.39 is 23.1 Å². The van der Waals surface area contributed by atoms with Crippen LogP contribution in [0.3, 0.4) is 0 Å². The summed E-state index contributed by atoms with van der Waals surface area (Å²) in [6, 6.07) is 11.8. The summed E-state index contributed by atoms with van der Waals surface area (Å²) in [5, 5.41) is 19.4. The Labute approximate surface area is 318 Å². The molecule has 15 heteroatoms. The van der Waals surface area contributed by atoms with Gasteiger partial charge < -0.3 is 35.4 Å². The predicted octanol–water partition coefficient (Wildman–Crippen LogP) is 7.28. The van der Waals surface area contributed by atoms with E-state index in [9.17, 15) is 14.7 Å². The first-order valence-corrected chi connectivity index (χ1v) is 17.9. The number of hydrogen-bond donors (Lipinski definition) is 4. The van der Waals surface area contributed by atoms with Gasteiger partial charge in [0.05, 0.1) is 46.4 Å². The fraction of sp³-hybridized carbons (Fsp3) is 0.395. The van der Waals surface area contributed by atoms with E-state index in [1.165, 1.54) is 18.2 Å². The molecule has 0 saturated carbocycles. The molecule has 53 heavy (non-hydrogen) atoms. The Morgan fingerprint density at radius 3 is 2.47 bits per heavy atom. The lowest BCUT2D eigenvalue weighted by Gasteiger charge is -2.29. The number of carbonyl (C=O) groups excluding carboxylic acids is 2. The Morgan fingerprint density at radius 1 is 1.04 bits per heavy atom. The molecule has 1 atom stereocenters. The molecule has 1 saturated heterocycles. The lowest BCUT2D eigenvalue weighted by atomic mass is 10.1. The second-order valence-electron chi connectivity index (χ2n) is 14.4. The molecule has 5 rings (SSSR count). The van der Waals surface area contributed by atoms with Crippen LogP contribution in [0.15, 0.2) is 54.9 Å². The fourth-order valence-corrected chi connectivity index (χ4v) is 6.28. The molecule has 0 bridgehead atoms. The number of aromatic nitrogens is 3. The third-order valence-electron chi connectivity index (χ3n) is 8.19. The van der Waals surface area contributed by atoms with Crippen LogP contribution in [-0.2, 0) is 22.6 Å². The number of aliphatic hydroxyl groups is 1. The minimum atomic E-state index is -0.946. The van der Waals surface area contributed by atoms with Gasteiger partial charge in [0.2, 0.25) is 11.8 Å². The van der Waals surface area contributed by atoms with E-state index in [2.05, 4.69) is 25.9 Å². The number of amides is 2. The van der Waals surface area contributed by atoms with Crippen molar-refractivity contribution in [2.75, 3.05) is 25.5 Å². The summed E-state index contributed by atoms with van der Waals surface area (Å²) in [5.74, 6) is -0.353. The number of pyridine rings is 3. The van der Waals surface area contributed by atoms with Crippen LogP contribution in [0.2, 0.25) is 10.0 Å². The standard InChI is InChI=1S/C38H44Cl2FN7O5/c1-37(2,3)53-36(50)48(20-24-11-13-29(49)45-24)19-23-10-12-27(47-35(23)52-6)25-15-17-43-33(31(25)40)26-8-7-9-28(30(26)39)46-34-32(41)22(14-16-44-34)18-42-21-38(4,5)51/h7-10,12,14-17,24,42,51H,11,13,18-21H2,1-6H3,(H,44,46)(H,45,49)/t24-/m0/s1. The molecule has 0 radical (unpaired) electrons. The normalized spacial score (nSPS) is 14.5. The van der Waals surface area contributed by atoms with Gasteiger partial charge in [-0.05, 0) is 71.4 Å². The van der Waals surface area contributed by atoms with Crippen molar-refractivity contribution in [3.63, 3.8) is 0 Å². The average Bonchev–Trinajstić information content (AvgIpc) is 3.50. The highest BCUT2D eigenvalue weighted by atomic mass is 35.5. The van der Waals surface area contributed by atoms with Crippen LogP contribution in [-0.4, -0.2) is 74.4 Å². The highest BCUT2D eigenvalue weighted by Crippen LogP contribution is 2.41. The number of nitrogens with one attached hydrogen (secondary N) is 3. The van der Waals surface area contributed by atoms with Gasteiger partial charge in [-0.15, -0.1) is 0 Å². The molecule has 2 amide bonds. The van der Waals surface area contributed by atoms with Gasteiger partial charge in [0.25, 0.3) is 0 Å². The molecule has 0 spiro atoms.